The van der Waals surface area contributed by atoms with E-state index in [1.165, 1.54) is 23.3 Å². The number of allylic oxidation sites excluding steroid dienone is 1. The summed E-state index contributed by atoms with van der Waals surface area (Å²) in [4.78, 5) is 6.77. The van der Waals surface area contributed by atoms with Crippen molar-refractivity contribution in [3.05, 3.63) is 76.6 Å². The number of rotatable bonds is 7. The van der Waals surface area contributed by atoms with Crippen LogP contribution in [0.1, 0.15) is 61.7 Å². The fourth-order valence-electron chi connectivity index (χ4n) is 4.12. The number of aromatic nitrogens is 2. The maximum absolute atomic E-state index is 13.7. The molecule has 2 aromatic carbocycles. The van der Waals surface area contributed by atoms with E-state index in [4.69, 9.17) is 16.7 Å². The van der Waals surface area contributed by atoms with E-state index in [1.54, 1.807) is 12.1 Å². The van der Waals surface area contributed by atoms with Crippen LogP contribution in [-0.4, -0.2) is 26.7 Å². The minimum Gasteiger partial charge on any atom is -0.351 e. The molecule has 0 radical (unpaired) electrons. The highest BCUT2D eigenvalue weighted by Gasteiger charge is 2.34. The summed E-state index contributed by atoms with van der Waals surface area (Å²) in [7, 11) is 0. The van der Waals surface area contributed by atoms with Crippen molar-refractivity contribution in [3.63, 3.8) is 0 Å². The standard InChI is InChI=1S/C26H29FN4OS/c1-5-6-7-13-31-18(4)22(23(28-26(31)33)19-12-11-16(2)17(3)14-19)25-29-24(30-32-25)20-9-8-10-21(27)15-20/h8-12,14-15,23H,5-7,13H2,1-4H3,(H,28,33). The van der Waals surface area contributed by atoms with Crippen molar-refractivity contribution in [2.24, 2.45) is 0 Å². The average Bonchev–Trinajstić information content (AvgIpc) is 3.27. The summed E-state index contributed by atoms with van der Waals surface area (Å²) in [6, 6.07) is 12.4. The molecule has 5 nitrogen and oxygen atoms in total. The lowest BCUT2D eigenvalue weighted by Crippen LogP contribution is -2.46. The molecule has 33 heavy (non-hydrogen) atoms. The molecule has 0 amide bonds. The number of nitrogens with one attached hydrogen (secondary N) is 1. The summed E-state index contributed by atoms with van der Waals surface area (Å²) in [6.45, 7) is 9.25. The number of unbranched alkanes of at least 4 members (excludes halogenated alkanes) is 2. The summed E-state index contributed by atoms with van der Waals surface area (Å²) in [5, 5.41) is 8.35. The Morgan fingerprint density at radius 1 is 1.09 bits per heavy atom. The van der Waals surface area contributed by atoms with Crippen molar-refractivity contribution < 1.29 is 8.91 Å². The molecule has 1 aliphatic rings. The van der Waals surface area contributed by atoms with Gasteiger partial charge in [-0.2, -0.15) is 4.98 Å². The van der Waals surface area contributed by atoms with Gasteiger partial charge in [0.05, 0.1) is 11.6 Å². The molecule has 1 atom stereocenters. The Bertz CT molecular complexity index is 1200. The summed E-state index contributed by atoms with van der Waals surface area (Å²) in [5.74, 6) is 0.425. The molecule has 1 aliphatic heterocycles. The smallest absolute Gasteiger partial charge is 0.258 e. The van der Waals surface area contributed by atoms with Crippen LogP contribution in [0, 0.1) is 19.7 Å². The van der Waals surface area contributed by atoms with Crippen LogP contribution in [0.2, 0.25) is 0 Å². The number of benzene rings is 2. The minimum absolute atomic E-state index is 0.222. The molecule has 0 saturated heterocycles. The summed E-state index contributed by atoms with van der Waals surface area (Å²) < 4.78 is 19.5. The highest BCUT2D eigenvalue weighted by Crippen LogP contribution is 2.38. The Kier molecular flexibility index (Phi) is 6.88. The van der Waals surface area contributed by atoms with Crippen LogP contribution in [0.3, 0.4) is 0 Å². The lowest BCUT2D eigenvalue weighted by Gasteiger charge is -2.37. The number of thiocarbonyl (C=S) groups is 1. The second-order valence-electron chi connectivity index (χ2n) is 8.52. The molecule has 172 valence electrons. The zero-order chi connectivity index (χ0) is 23.5. The van der Waals surface area contributed by atoms with E-state index in [0.717, 1.165) is 42.6 Å². The van der Waals surface area contributed by atoms with Crippen LogP contribution in [-0.2, 0) is 0 Å². The van der Waals surface area contributed by atoms with Crippen molar-refractivity contribution in [1.82, 2.24) is 20.4 Å². The number of nitrogens with zero attached hydrogens (tertiary/aromatic N) is 3. The SMILES string of the molecule is CCCCCN1C(=S)NC(c2ccc(C)c(C)c2)C(c2nc(-c3cccc(F)c3)no2)=C1C. The van der Waals surface area contributed by atoms with Crippen LogP contribution in [0.4, 0.5) is 4.39 Å². The molecule has 0 saturated carbocycles. The second-order valence-corrected chi connectivity index (χ2v) is 8.90. The van der Waals surface area contributed by atoms with Crippen LogP contribution in [0.5, 0.6) is 0 Å². The fraction of sp³-hybridized carbons (Fsp3) is 0.346. The van der Waals surface area contributed by atoms with Gasteiger partial charge in [0.15, 0.2) is 5.11 Å². The molecule has 4 rings (SSSR count). The Morgan fingerprint density at radius 2 is 1.91 bits per heavy atom. The first-order valence-electron chi connectivity index (χ1n) is 11.3. The topological polar surface area (TPSA) is 54.2 Å². The lowest BCUT2D eigenvalue weighted by atomic mass is 9.92. The fourth-order valence-corrected chi connectivity index (χ4v) is 4.47. The molecule has 1 aromatic heterocycles. The third-order valence-electron chi connectivity index (χ3n) is 6.19. The normalized spacial score (nSPS) is 16.3. The van der Waals surface area contributed by atoms with Gasteiger partial charge in [0.2, 0.25) is 5.82 Å². The Balaban J connectivity index is 1.79. The van der Waals surface area contributed by atoms with Gasteiger partial charge in [-0.05, 0) is 68.2 Å². The van der Waals surface area contributed by atoms with Crippen molar-refractivity contribution in [2.45, 2.75) is 53.0 Å². The highest BCUT2D eigenvalue weighted by molar-refractivity contribution is 7.80. The molecule has 0 fully saturated rings. The average molecular weight is 465 g/mol. The van der Waals surface area contributed by atoms with E-state index in [-0.39, 0.29) is 11.9 Å². The third-order valence-corrected chi connectivity index (χ3v) is 6.52. The molecule has 7 heteroatoms. The molecule has 0 aliphatic carbocycles. The van der Waals surface area contributed by atoms with Crippen molar-refractivity contribution >= 4 is 22.9 Å². The molecule has 0 bridgehead atoms. The molecular weight excluding hydrogens is 435 g/mol. The quantitative estimate of drug-likeness (QED) is 0.325. The summed E-state index contributed by atoms with van der Waals surface area (Å²) >= 11 is 5.76. The maximum atomic E-state index is 13.7. The number of aryl methyl sites for hydroxylation is 2. The number of hydrogen-bond acceptors (Lipinski definition) is 4. The Labute approximate surface area is 199 Å². The van der Waals surface area contributed by atoms with Gasteiger partial charge in [0.25, 0.3) is 5.89 Å². The zero-order valence-electron chi connectivity index (χ0n) is 19.5. The minimum atomic E-state index is -0.339. The van der Waals surface area contributed by atoms with Crippen LogP contribution in [0.15, 0.2) is 52.7 Å². The number of halogens is 1. The van der Waals surface area contributed by atoms with Gasteiger partial charge in [-0.3, -0.25) is 0 Å². The van der Waals surface area contributed by atoms with Gasteiger partial charge < -0.3 is 14.7 Å². The van der Waals surface area contributed by atoms with E-state index >= 15 is 0 Å². The van der Waals surface area contributed by atoms with Crippen LogP contribution in [0.25, 0.3) is 17.0 Å². The van der Waals surface area contributed by atoms with E-state index < -0.39 is 0 Å². The predicted molar refractivity (Wildman–Crippen MR) is 133 cm³/mol. The van der Waals surface area contributed by atoms with Crippen LogP contribution >= 0.6 is 12.2 Å². The van der Waals surface area contributed by atoms with Gasteiger partial charge >= 0.3 is 0 Å². The first-order valence-corrected chi connectivity index (χ1v) is 11.8. The van der Waals surface area contributed by atoms with Crippen molar-refractivity contribution in [1.29, 1.82) is 0 Å². The van der Waals surface area contributed by atoms with Crippen LogP contribution < -0.4 is 5.32 Å². The Hall–Kier alpha value is -3.06. The van der Waals surface area contributed by atoms with Crippen molar-refractivity contribution in [2.75, 3.05) is 6.54 Å². The van der Waals surface area contributed by atoms with Gasteiger partial charge in [0.1, 0.15) is 5.82 Å². The molecule has 1 N–H and O–H groups in total. The van der Waals surface area contributed by atoms with E-state index in [9.17, 15) is 4.39 Å². The summed E-state index contributed by atoms with van der Waals surface area (Å²) in [6.07, 6.45) is 3.30. The predicted octanol–water partition coefficient (Wildman–Crippen LogP) is 6.35. The molecule has 0 spiro atoms. The maximum Gasteiger partial charge on any atom is 0.258 e. The zero-order valence-corrected chi connectivity index (χ0v) is 20.3. The molecule has 1 unspecified atom stereocenters. The first kappa shape index (κ1) is 23.1. The monoisotopic (exact) mass is 464 g/mol. The molecule has 3 aromatic rings. The van der Waals surface area contributed by atoms with Gasteiger partial charge in [-0.25, -0.2) is 4.39 Å². The molecular formula is C26H29FN4OS. The van der Waals surface area contributed by atoms with Gasteiger partial charge in [0, 0.05) is 17.8 Å². The van der Waals surface area contributed by atoms with E-state index in [2.05, 4.69) is 66.3 Å². The third kappa shape index (κ3) is 4.83. The van der Waals surface area contributed by atoms with Crippen molar-refractivity contribution in [3.8, 4) is 11.4 Å². The number of hydrogen-bond donors (Lipinski definition) is 1. The lowest BCUT2D eigenvalue weighted by molar-refractivity contribution is 0.395. The summed E-state index contributed by atoms with van der Waals surface area (Å²) in [5.41, 5.74) is 5.96. The first-order chi connectivity index (χ1) is 15.9. The highest BCUT2D eigenvalue weighted by atomic mass is 32.1. The molecule has 2 heterocycles. The second kappa shape index (κ2) is 9.83. The largest absolute Gasteiger partial charge is 0.351 e. The van der Waals surface area contributed by atoms with Gasteiger partial charge in [-0.15, -0.1) is 0 Å². The van der Waals surface area contributed by atoms with E-state index in [0.29, 0.717) is 22.4 Å². The van der Waals surface area contributed by atoms with E-state index in [1.807, 2.05) is 0 Å². The van der Waals surface area contributed by atoms with Gasteiger partial charge in [-0.1, -0.05) is 55.3 Å². The Morgan fingerprint density at radius 3 is 2.64 bits per heavy atom.